The molecule has 1 N–H and O–H groups in total. The van der Waals surface area contributed by atoms with Crippen LogP contribution in [0.2, 0.25) is 5.02 Å². The number of rotatable bonds is 6. The Kier molecular flexibility index (Phi) is 6.69. The summed E-state index contributed by atoms with van der Waals surface area (Å²) in [6, 6.07) is 12.1. The molecule has 0 spiro atoms. The van der Waals surface area contributed by atoms with E-state index in [4.69, 9.17) is 16.6 Å². The maximum atomic E-state index is 12.5. The molecule has 8 nitrogen and oxygen atoms in total. The third-order valence-electron chi connectivity index (χ3n) is 5.35. The minimum absolute atomic E-state index is 0.0408. The van der Waals surface area contributed by atoms with Gasteiger partial charge in [0, 0.05) is 54.3 Å². The summed E-state index contributed by atoms with van der Waals surface area (Å²) < 4.78 is 0. The van der Waals surface area contributed by atoms with Gasteiger partial charge in [0.05, 0.1) is 22.8 Å². The molecular formula is C22H22ClN5O3S. The number of carbonyl (C=O) groups excluding carboxylic acids is 1. The van der Waals surface area contributed by atoms with Crippen molar-refractivity contribution in [3.05, 3.63) is 68.5 Å². The lowest BCUT2D eigenvalue weighted by Gasteiger charge is -2.34. The second kappa shape index (κ2) is 9.64. The molecule has 1 fully saturated rings. The van der Waals surface area contributed by atoms with Gasteiger partial charge in [-0.25, -0.2) is 4.98 Å². The summed E-state index contributed by atoms with van der Waals surface area (Å²) in [5.41, 5.74) is 3.18. The summed E-state index contributed by atoms with van der Waals surface area (Å²) in [4.78, 5) is 32.1. The van der Waals surface area contributed by atoms with Gasteiger partial charge in [-0.15, -0.1) is 11.3 Å². The fourth-order valence-electron chi connectivity index (χ4n) is 3.51. The number of halogens is 1. The van der Waals surface area contributed by atoms with Gasteiger partial charge in [0.1, 0.15) is 0 Å². The summed E-state index contributed by atoms with van der Waals surface area (Å²) in [5.74, 6) is -0.179. The van der Waals surface area contributed by atoms with Gasteiger partial charge < -0.3 is 10.2 Å². The number of nitro groups is 1. The quantitative estimate of drug-likeness (QED) is 0.422. The molecule has 0 radical (unpaired) electrons. The number of hydrogen-bond acceptors (Lipinski definition) is 7. The normalized spacial score (nSPS) is 14.4. The van der Waals surface area contributed by atoms with Crippen LogP contribution >= 0.6 is 22.9 Å². The first kappa shape index (κ1) is 22.2. The average Bonchev–Trinajstić information content (AvgIpc) is 3.26. The smallest absolute Gasteiger partial charge is 0.271 e. The molecule has 1 saturated heterocycles. The van der Waals surface area contributed by atoms with Gasteiger partial charge >= 0.3 is 0 Å². The lowest BCUT2D eigenvalue weighted by Crippen LogP contribution is -2.48. The van der Waals surface area contributed by atoms with Crippen molar-refractivity contribution in [1.29, 1.82) is 0 Å². The molecule has 0 bridgehead atoms. The van der Waals surface area contributed by atoms with E-state index in [1.54, 1.807) is 17.4 Å². The molecule has 1 aliphatic rings. The number of nitro benzene ring substituents is 1. The lowest BCUT2D eigenvalue weighted by molar-refractivity contribution is -0.384. The van der Waals surface area contributed by atoms with E-state index in [9.17, 15) is 14.9 Å². The van der Waals surface area contributed by atoms with Crippen molar-refractivity contribution in [3.8, 4) is 11.3 Å². The van der Waals surface area contributed by atoms with E-state index >= 15 is 0 Å². The molecular weight excluding hydrogens is 450 g/mol. The molecule has 0 unspecified atom stereocenters. The fraction of sp³-hybridized carbons (Fsp3) is 0.273. The molecule has 0 aliphatic carbocycles. The highest BCUT2D eigenvalue weighted by molar-refractivity contribution is 7.14. The predicted octanol–water partition coefficient (Wildman–Crippen LogP) is 4.44. The zero-order valence-corrected chi connectivity index (χ0v) is 19.0. The van der Waals surface area contributed by atoms with Gasteiger partial charge in [-0.1, -0.05) is 29.8 Å². The zero-order valence-electron chi connectivity index (χ0n) is 17.5. The average molecular weight is 472 g/mol. The van der Waals surface area contributed by atoms with Crippen LogP contribution in [-0.4, -0.2) is 53.4 Å². The number of non-ortho nitro benzene ring substituents is 1. The largest absolute Gasteiger partial charge is 0.346 e. The molecule has 4 rings (SSSR count). The number of amides is 1. The monoisotopic (exact) mass is 471 g/mol. The maximum Gasteiger partial charge on any atom is 0.271 e. The van der Waals surface area contributed by atoms with Crippen LogP contribution in [-0.2, 0) is 4.79 Å². The molecule has 1 amide bonds. The molecule has 0 saturated carbocycles. The second-order valence-corrected chi connectivity index (χ2v) is 8.86. The number of nitrogens with one attached hydrogen (secondary N) is 1. The first-order valence-electron chi connectivity index (χ1n) is 10.1. The van der Waals surface area contributed by atoms with Crippen molar-refractivity contribution >= 4 is 45.4 Å². The van der Waals surface area contributed by atoms with E-state index in [0.29, 0.717) is 10.7 Å². The molecule has 2 aromatic carbocycles. The first-order chi connectivity index (χ1) is 15.4. The summed E-state index contributed by atoms with van der Waals surface area (Å²) in [6.45, 7) is 5.07. The van der Waals surface area contributed by atoms with Crippen LogP contribution in [0.25, 0.3) is 11.3 Å². The van der Waals surface area contributed by atoms with Gasteiger partial charge in [-0.05, 0) is 24.6 Å². The van der Waals surface area contributed by atoms with E-state index < -0.39 is 4.92 Å². The fourth-order valence-corrected chi connectivity index (χ4v) is 4.53. The number of piperazine rings is 1. The second-order valence-electron chi connectivity index (χ2n) is 7.59. The van der Waals surface area contributed by atoms with Crippen molar-refractivity contribution in [3.63, 3.8) is 0 Å². The molecule has 2 heterocycles. The molecule has 1 aromatic heterocycles. The van der Waals surface area contributed by atoms with Crippen molar-refractivity contribution < 1.29 is 9.72 Å². The number of benzene rings is 2. The van der Waals surface area contributed by atoms with Crippen molar-refractivity contribution in [1.82, 2.24) is 9.88 Å². The third kappa shape index (κ3) is 5.24. The van der Waals surface area contributed by atoms with Gasteiger partial charge in [0.2, 0.25) is 5.91 Å². The van der Waals surface area contributed by atoms with Gasteiger partial charge in [-0.3, -0.25) is 19.8 Å². The van der Waals surface area contributed by atoms with E-state index in [-0.39, 0.29) is 18.1 Å². The Bertz CT molecular complexity index is 1130. The highest BCUT2D eigenvalue weighted by Gasteiger charge is 2.22. The Balaban J connectivity index is 1.31. The number of nitrogens with zero attached hydrogens (tertiary/aromatic N) is 4. The summed E-state index contributed by atoms with van der Waals surface area (Å²) in [7, 11) is 0. The Hall–Kier alpha value is -3.01. The highest BCUT2D eigenvalue weighted by Crippen LogP contribution is 2.29. The van der Waals surface area contributed by atoms with E-state index in [2.05, 4.69) is 15.1 Å². The van der Waals surface area contributed by atoms with Crippen molar-refractivity contribution in [2.24, 2.45) is 0 Å². The number of hydrogen-bond donors (Lipinski definition) is 1. The van der Waals surface area contributed by atoms with Crippen molar-refractivity contribution in [2.75, 3.05) is 42.9 Å². The number of carbonyl (C=O) groups is 1. The van der Waals surface area contributed by atoms with Crippen LogP contribution in [0.15, 0.2) is 47.8 Å². The van der Waals surface area contributed by atoms with Crippen molar-refractivity contribution in [2.45, 2.75) is 6.92 Å². The standard InChI is InChI=1S/C22H22ClN5O3S/c1-15-2-7-18(28(30)31)12-19(15)24-21(29)13-26-8-10-27(11-9-26)22-25-20(14-32-22)16-3-5-17(23)6-4-16/h2-7,12,14H,8-11,13H2,1H3,(H,24,29). The van der Waals surface area contributed by atoms with Gasteiger partial charge in [-0.2, -0.15) is 0 Å². The predicted molar refractivity (Wildman–Crippen MR) is 128 cm³/mol. The first-order valence-corrected chi connectivity index (χ1v) is 11.4. The van der Waals surface area contributed by atoms with Crippen LogP contribution in [0.5, 0.6) is 0 Å². The Morgan fingerprint density at radius 1 is 1.19 bits per heavy atom. The zero-order chi connectivity index (χ0) is 22.7. The maximum absolute atomic E-state index is 12.5. The SMILES string of the molecule is Cc1ccc([N+](=O)[O-])cc1NC(=O)CN1CCN(c2nc(-c3ccc(Cl)cc3)cs2)CC1. The Labute approximate surface area is 194 Å². The van der Waals surface area contributed by atoms with E-state index in [1.165, 1.54) is 12.1 Å². The highest BCUT2D eigenvalue weighted by atomic mass is 35.5. The third-order valence-corrected chi connectivity index (χ3v) is 6.50. The van der Waals surface area contributed by atoms with E-state index in [0.717, 1.165) is 48.1 Å². The molecule has 0 atom stereocenters. The van der Waals surface area contributed by atoms with Crippen LogP contribution < -0.4 is 10.2 Å². The minimum Gasteiger partial charge on any atom is -0.346 e. The molecule has 32 heavy (non-hydrogen) atoms. The summed E-state index contributed by atoms with van der Waals surface area (Å²) in [5, 5.41) is 17.5. The Morgan fingerprint density at radius 3 is 2.59 bits per heavy atom. The van der Waals surface area contributed by atoms with Crippen LogP contribution in [0.1, 0.15) is 5.56 Å². The van der Waals surface area contributed by atoms with E-state index in [1.807, 2.05) is 36.6 Å². The topological polar surface area (TPSA) is 91.6 Å². The lowest BCUT2D eigenvalue weighted by atomic mass is 10.2. The minimum atomic E-state index is -0.467. The van der Waals surface area contributed by atoms with Gasteiger partial charge in [0.15, 0.2) is 5.13 Å². The molecule has 1 aliphatic heterocycles. The summed E-state index contributed by atoms with van der Waals surface area (Å²) >= 11 is 7.57. The number of thiazole rings is 1. The molecule has 166 valence electrons. The molecule has 10 heteroatoms. The number of aryl methyl sites for hydroxylation is 1. The van der Waals surface area contributed by atoms with Crippen LogP contribution in [0.4, 0.5) is 16.5 Å². The van der Waals surface area contributed by atoms with Crippen LogP contribution in [0, 0.1) is 17.0 Å². The summed E-state index contributed by atoms with van der Waals surface area (Å²) in [6.07, 6.45) is 0. The number of aromatic nitrogens is 1. The molecule has 3 aromatic rings. The van der Waals surface area contributed by atoms with Crippen LogP contribution in [0.3, 0.4) is 0 Å². The van der Waals surface area contributed by atoms with Gasteiger partial charge in [0.25, 0.3) is 5.69 Å². The number of anilines is 2. The Morgan fingerprint density at radius 2 is 1.91 bits per heavy atom.